The number of aliphatic hydroxyl groups is 11. The topological polar surface area (TPSA) is 307 Å². The Labute approximate surface area is 516 Å². The maximum atomic E-state index is 13.3. The van der Waals surface area contributed by atoms with Crippen LogP contribution in [0.4, 0.5) is 0 Å². The van der Waals surface area contributed by atoms with E-state index in [0.29, 0.717) is 12.8 Å². The van der Waals surface area contributed by atoms with Crippen molar-refractivity contribution in [2.45, 2.75) is 343 Å². The van der Waals surface area contributed by atoms with Crippen molar-refractivity contribution in [3.63, 3.8) is 0 Å². The zero-order valence-electron chi connectivity index (χ0n) is 52.8. The molecule has 3 aliphatic heterocycles. The molecule has 0 radical (unpaired) electrons. The van der Waals surface area contributed by atoms with E-state index >= 15 is 0 Å². The van der Waals surface area contributed by atoms with Gasteiger partial charge in [-0.15, -0.1) is 0 Å². The van der Waals surface area contributed by atoms with Crippen molar-refractivity contribution in [2.24, 2.45) is 0 Å². The second-order valence-electron chi connectivity index (χ2n) is 24.3. The SMILES string of the molecule is CCCCCCC/C=C\CCCCCCCC(=O)NC(COC1OC(CO)C(OC2OC(CO)C(OC3OC(CO)C(O)C(O)C3O)C(O)C2O)C(O)C1O)C(O)/C=C/CC/C=C/CC/C=C/CCCCCCCCCCCCCCCCCCC. The minimum absolute atomic E-state index is 0.221. The molecule has 0 saturated carbocycles. The predicted molar refractivity (Wildman–Crippen MR) is 332 cm³/mol. The number of ether oxygens (including phenoxy) is 6. The summed E-state index contributed by atoms with van der Waals surface area (Å²) < 4.78 is 34.3. The maximum absolute atomic E-state index is 13.3. The first-order valence-corrected chi connectivity index (χ1v) is 33.9. The molecule has 3 fully saturated rings. The monoisotopic (exact) mass is 1230 g/mol. The Morgan fingerprint density at radius 2 is 0.744 bits per heavy atom. The Morgan fingerprint density at radius 3 is 1.16 bits per heavy atom. The highest BCUT2D eigenvalue weighted by atomic mass is 16.8. The normalized spacial score (nSPS) is 29.1. The third-order valence-electron chi connectivity index (χ3n) is 16.8. The van der Waals surface area contributed by atoms with Crippen LogP contribution < -0.4 is 5.32 Å². The number of allylic oxidation sites excluding steroid dienone is 7. The van der Waals surface area contributed by atoms with E-state index in [4.69, 9.17) is 28.4 Å². The largest absolute Gasteiger partial charge is 0.394 e. The molecule has 0 spiro atoms. The van der Waals surface area contributed by atoms with Crippen molar-refractivity contribution < 1.29 is 89.4 Å². The van der Waals surface area contributed by atoms with Crippen LogP contribution in [0.15, 0.2) is 48.6 Å². The Morgan fingerprint density at radius 1 is 0.407 bits per heavy atom. The van der Waals surface area contributed by atoms with Gasteiger partial charge in [-0.2, -0.15) is 0 Å². The van der Waals surface area contributed by atoms with Crippen molar-refractivity contribution in [1.82, 2.24) is 5.32 Å². The number of amides is 1. The average molecular weight is 1230 g/mol. The molecule has 0 aromatic heterocycles. The summed E-state index contributed by atoms with van der Waals surface area (Å²) >= 11 is 0. The highest BCUT2D eigenvalue weighted by Gasteiger charge is 2.53. The number of unbranched alkanes of at least 4 members (excludes halogenated alkanes) is 29. The summed E-state index contributed by atoms with van der Waals surface area (Å²) in [4.78, 5) is 13.3. The Balaban J connectivity index is 1.45. The molecule has 0 bridgehead atoms. The van der Waals surface area contributed by atoms with Crippen molar-refractivity contribution >= 4 is 5.91 Å². The van der Waals surface area contributed by atoms with Gasteiger partial charge in [0.2, 0.25) is 5.91 Å². The summed E-state index contributed by atoms with van der Waals surface area (Å²) in [6.45, 7) is 1.69. The second-order valence-corrected chi connectivity index (χ2v) is 24.3. The van der Waals surface area contributed by atoms with Crippen LogP contribution in [0.2, 0.25) is 0 Å². The lowest BCUT2D eigenvalue weighted by atomic mass is 9.96. The van der Waals surface area contributed by atoms with E-state index in [9.17, 15) is 61.0 Å². The third-order valence-corrected chi connectivity index (χ3v) is 16.8. The standard InChI is InChI=1S/C67H121NO18/c1-3-5-7-9-11-13-15-17-19-20-21-22-23-24-25-26-27-28-29-30-31-32-34-36-38-40-42-44-51(72)50(68-55(73)45-43-41-39-37-35-33-18-16-14-12-10-8-6-4-2)49-81-65-61(79)58(76)63(53(47-70)83-65)86-67-62(80)59(77)64(54(48-71)84-67)85-66-60(78)57(75)56(74)52(46-69)82-66/h16,18,29-30,34,36,42,44,50-54,56-67,69-72,74-80H,3-15,17,19-28,31-33,35,37-41,43,45-49H2,1-2H3,(H,68,73)/b18-16-,30-29+,36-34+,44-42+. The van der Waals surface area contributed by atoms with E-state index in [1.807, 2.05) is 6.08 Å². The molecule has 3 saturated heterocycles. The molecule has 3 heterocycles. The highest BCUT2D eigenvalue weighted by Crippen LogP contribution is 2.33. The minimum atomic E-state index is -1.98. The summed E-state index contributed by atoms with van der Waals surface area (Å²) in [6.07, 6.45) is 31.1. The summed E-state index contributed by atoms with van der Waals surface area (Å²) in [5.74, 6) is -0.299. The zero-order valence-corrected chi connectivity index (χ0v) is 52.8. The molecule has 17 atom stereocenters. The smallest absolute Gasteiger partial charge is 0.220 e. The number of rotatable bonds is 51. The van der Waals surface area contributed by atoms with Crippen molar-refractivity contribution in [3.8, 4) is 0 Å². The van der Waals surface area contributed by atoms with Gasteiger partial charge in [-0.1, -0.05) is 210 Å². The zero-order chi connectivity index (χ0) is 62.6. The fraction of sp³-hybridized carbons (Fsp3) is 0.866. The lowest BCUT2D eigenvalue weighted by Gasteiger charge is -2.48. The van der Waals surface area contributed by atoms with Gasteiger partial charge in [0.1, 0.15) is 73.2 Å². The summed E-state index contributed by atoms with van der Waals surface area (Å²) in [5, 5.41) is 120. The van der Waals surface area contributed by atoms with Gasteiger partial charge in [-0.05, 0) is 70.6 Å². The van der Waals surface area contributed by atoms with Crippen LogP contribution in [0.3, 0.4) is 0 Å². The Kier molecular flexibility index (Phi) is 44.8. The van der Waals surface area contributed by atoms with E-state index in [1.165, 1.54) is 141 Å². The van der Waals surface area contributed by atoms with Crippen LogP contribution in [0.5, 0.6) is 0 Å². The quantitative estimate of drug-likeness (QED) is 0.0202. The second kappa shape index (κ2) is 49.5. The first-order chi connectivity index (χ1) is 41.8. The molecular formula is C67H121NO18. The maximum Gasteiger partial charge on any atom is 0.220 e. The molecule has 19 heteroatoms. The lowest BCUT2D eigenvalue weighted by molar-refractivity contribution is -0.379. The molecule has 86 heavy (non-hydrogen) atoms. The molecule has 17 unspecified atom stereocenters. The van der Waals surface area contributed by atoms with E-state index in [-0.39, 0.29) is 18.9 Å². The molecule has 3 aliphatic rings. The van der Waals surface area contributed by atoms with Crippen LogP contribution in [0, 0.1) is 0 Å². The molecule has 0 aromatic rings. The van der Waals surface area contributed by atoms with Crippen molar-refractivity contribution in [2.75, 3.05) is 26.4 Å². The number of nitrogens with one attached hydrogen (secondary N) is 1. The molecular weight excluding hydrogens is 1110 g/mol. The van der Waals surface area contributed by atoms with Gasteiger partial charge >= 0.3 is 0 Å². The van der Waals surface area contributed by atoms with Crippen LogP contribution >= 0.6 is 0 Å². The Bertz CT molecular complexity index is 1750. The third kappa shape index (κ3) is 31.7. The van der Waals surface area contributed by atoms with Crippen LogP contribution in [-0.2, 0) is 33.2 Å². The molecule has 12 N–H and O–H groups in total. The number of hydrogen-bond donors (Lipinski definition) is 12. The van der Waals surface area contributed by atoms with Gasteiger partial charge in [-0.25, -0.2) is 0 Å². The van der Waals surface area contributed by atoms with Gasteiger partial charge in [0.25, 0.3) is 0 Å². The molecule has 0 aliphatic carbocycles. The van der Waals surface area contributed by atoms with Crippen molar-refractivity contribution in [3.05, 3.63) is 48.6 Å². The summed E-state index contributed by atoms with van der Waals surface area (Å²) in [7, 11) is 0. The van der Waals surface area contributed by atoms with E-state index in [1.54, 1.807) is 6.08 Å². The van der Waals surface area contributed by atoms with Crippen LogP contribution in [0.1, 0.15) is 239 Å². The fourth-order valence-corrected chi connectivity index (χ4v) is 11.3. The fourth-order valence-electron chi connectivity index (χ4n) is 11.3. The number of hydrogen-bond acceptors (Lipinski definition) is 18. The van der Waals surface area contributed by atoms with Crippen molar-refractivity contribution in [1.29, 1.82) is 0 Å². The van der Waals surface area contributed by atoms with Crippen LogP contribution in [0.25, 0.3) is 0 Å². The van der Waals surface area contributed by atoms with E-state index < -0.39 is 124 Å². The first kappa shape index (κ1) is 78.0. The molecule has 0 aromatic carbocycles. The number of carbonyl (C=O) groups excluding carboxylic acids is 1. The van der Waals surface area contributed by atoms with Gasteiger partial charge in [0.15, 0.2) is 18.9 Å². The number of carbonyl (C=O) groups is 1. The van der Waals surface area contributed by atoms with Gasteiger partial charge in [-0.3, -0.25) is 4.79 Å². The average Bonchev–Trinajstić information content (AvgIpc) is 3.43. The molecule has 1 amide bonds. The van der Waals surface area contributed by atoms with E-state index in [2.05, 4.69) is 55.6 Å². The lowest BCUT2D eigenvalue weighted by Crippen LogP contribution is -2.66. The molecule has 19 nitrogen and oxygen atoms in total. The van der Waals surface area contributed by atoms with Gasteiger partial charge < -0.3 is 89.9 Å². The number of aliphatic hydroxyl groups excluding tert-OH is 11. The van der Waals surface area contributed by atoms with Gasteiger partial charge in [0, 0.05) is 6.42 Å². The Hall–Kier alpha value is -2.25. The first-order valence-electron chi connectivity index (χ1n) is 33.9. The summed E-state index contributed by atoms with van der Waals surface area (Å²) in [6, 6.07) is -1.00. The predicted octanol–water partition coefficient (Wildman–Crippen LogP) is 8.22. The highest BCUT2D eigenvalue weighted by molar-refractivity contribution is 5.76. The minimum Gasteiger partial charge on any atom is -0.394 e. The molecule has 502 valence electrons. The van der Waals surface area contributed by atoms with E-state index in [0.717, 1.165) is 64.2 Å². The van der Waals surface area contributed by atoms with Crippen LogP contribution in [-0.4, -0.2) is 193 Å². The molecule has 3 rings (SSSR count). The summed E-state index contributed by atoms with van der Waals surface area (Å²) in [5.41, 5.74) is 0. The van der Waals surface area contributed by atoms with Gasteiger partial charge in [0.05, 0.1) is 38.6 Å².